The Hall–Kier alpha value is 0.430. The van der Waals surface area contributed by atoms with Gasteiger partial charge in [0.15, 0.2) is 0 Å². The molecule has 1 heterocycles. The Bertz CT molecular complexity index is 264. The van der Waals surface area contributed by atoms with Crippen LogP contribution in [0, 0.1) is 0 Å². The van der Waals surface area contributed by atoms with Gasteiger partial charge in [0.2, 0.25) is 0 Å². The molecule has 1 aromatic rings. The third-order valence-electron chi connectivity index (χ3n) is 2.14. The number of nitrogens with one attached hydrogen (secondary N) is 1. The minimum Gasteiger partial charge on any atom is -0.309 e. The van der Waals surface area contributed by atoms with Gasteiger partial charge in [0.05, 0.1) is 3.79 Å². The van der Waals surface area contributed by atoms with E-state index in [2.05, 4.69) is 40.3 Å². The van der Waals surface area contributed by atoms with Gasteiger partial charge in [0.25, 0.3) is 0 Å². The molecule has 0 spiro atoms. The van der Waals surface area contributed by atoms with E-state index in [1.54, 1.807) is 11.3 Å². The van der Waals surface area contributed by atoms with Crippen molar-refractivity contribution in [3.8, 4) is 0 Å². The highest BCUT2D eigenvalue weighted by Crippen LogP contribution is 2.21. The van der Waals surface area contributed by atoms with Crippen LogP contribution in [-0.4, -0.2) is 11.9 Å². The lowest BCUT2D eigenvalue weighted by Gasteiger charge is -2.14. The van der Waals surface area contributed by atoms with Crippen LogP contribution in [0.25, 0.3) is 0 Å². The fourth-order valence-corrected chi connectivity index (χ4v) is 2.97. The fraction of sp³-hybridized carbons (Fsp3) is 0.600. The smallest absolute Gasteiger partial charge is 0.0701 e. The molecule has 0 aliphatic rings. The normalized spacial score (nSPS) is 13.1. The number of hydrogen-bond acceptors (Lipinski definition) is 2. The zero-order chi connectivity index (χ0) is 10.4. The molecule has 4 heteroatoms. The maximum Gasteiger partial charge on any atom is 0.0701 e. The van der Waals surface area contributed by atoms with Crippen LogP contribution in [0.15, 0.2) is 15.9 Å². The van der Waals surface area contributed by atoms with E-state index in [4.69, 9.17) is 11.6 Å². The van der Waals surface area contributed by atoms with Crippen molar-refractivity contribution in [3.63, 3.8) is 0 Å². The first-order valence-electron chi connectivity index (χ1n) is 4.79. The lowest BCUT2D eigenvalue weighted by Crippen LogP contribution is -2.27. The molecule has 1 rings (SSSR count). The van der Waals surface area contributed by atoms with Gasteiger partial charge >= 0.3 is 0 Å². The van der Waals surface area contributed by atoms with Gasteiger partial charge in [-0.05, 0) is 40.9 Å². The number of thiophene rings is 1. The van der Waals surface area contributed by atoms with E-state index in [-0.39, 0.29) is 0 Å². The molecule has 0 amide bonds. The largest absolute Gasteiger partial charge is 0.309 e. The number of halogens is 2. The van der Waals surface area contributed by atoms with Crippen LogP contribution in [0.3, 0.4) is 0 Å². The van der Waals surface area contributed by atoms with Crippen molar-refractivity contribution in [1.82, 2.24) is 5.32 Å². The van der Waals surface area contributed by atoms with Crippen LogP contribution < -0.4 is 5.32 Å². The highest BCUT2D eigenvalue weighted by atomic mass is 79.9. The molecule has 1 atom stereocenters. The zero-order valence-corrected chi connectivity index (χ0v) is 11.4. The van der Waals surface area contributed by atoms with E-state index >= 15 is 0 Å². The van der Waals surface area contributed by atoms with E-state index in [1.165, 1.54) is 8.66 Å². The van der Waals surface area contributed by atoms with E-state index in [0.717, 1.165) is 25.3 Å². The van der Waals surface area contributed by atoms with Gasteiger partial charge in [-0.1, -0.05) is 6.92 Å². The Morgan fingerprint density at radius 2 is 2.36 bits per heavy atom. The monoisotopic (exact) mass is 295 g/mol. The summed E-state index contributed by atoms with van der Waals surface area (Å²) in [5, 5.41) is 3.51. The van der Waals surface area contributed by atoms with Gasteiger partial charge in [0, 0.05) is 23.3 Å². The SMILES string of the molecule is CCC(CCCl)NCc1ccc(Br)s1. The van der Waals surface area contributed by atoms with Crippen LogP contribution >= 0.6 is 38.9 Å². The van der Waals surface area contributed by atoms with Crippen LogP contribution in [0.1, 0.15) is 24.6 Å². The first kappa shape index (κ1) is 12.5. The summed E-state index contributed by atoms with van der Waals surface area (Å²) in [4.78, 5) is 1.37. The molecule has 0 saturated heterocycles. The molecule has 1 N–H and O–H groups in total. The molecule has 14 heavy (non-hydrogen) atoms. The van der Waals surface area contributed by atoms with Gasteiger partial charge in [-0.2, -0.15) is 0 Å². The highest BCUT2D eigenvalue weighted by Gasteiger charge is 2.05. The number of alkyl halides is 1. The molecule has 1 nitrogen and oxygen atoms in total. The van der Waals surface area contributed by atoms with Gasteiger partial charge in [0.1, 0.15) is 0 Å². The van der Waals surface area contributed by atoms with E-state index in [9.17, 15) is 0 Å². The molecule has 1 aromatic heterocycles. The third kappa shape index (κ3) is 4.30. The summed E-state index contributed by atoms with van der Waals surface area (Å²) in [6.45, 7) is 3.14. The minimum absolute atomic E-state index is 0.549. The van der Waals surface area contributed by atoms with Crippen LogP contribution in [0.4, 0.5) is 0 Å². The maximum atomic E-state index is 5.72. The van der Waals surface area contributed by atoms with Gasteiger partial charge < -0.3 is 5.32 Å². The number of rotatable bonds is 6. The standard InChI is InChI=1S/C10H15BrClNS/c1-2-8(5-6-12)13-7-9-3-4-10(11)14-9/h3-4,8,13H,2,5-7H2,1H3. The number of hydrogen-bond donors (Lipinski definition) is 1. The Balaban J connectivity index is 2.31. The van der Waals surface area contributed by atoms with Gasteiger partial charge in [-0.15, -0.1) is 22.9 Å². The second-order valence-corrected chi connectivity index (χ2v) is 6.10. The van der Waals surface area contributed by atoms with Crippen molar-refractivity contribution < 1.29 is 0 Å². The molecule has 0 aromatic carbocycles. The quantitative estimate of drug-likeness (QED) is 0.782. The average Bonchev–Trinajstić information content (AvgIpc) is 2.59. The van der Waals surface area contributed by atoms with Crippen molar-refractivity contribution in [1.29, 1.82) is 0 Å². The molecular weight excluding hydrogens is 282 g/mol. The second-order valence-electron chi connectivity index (χ2n) is 3.17. The zero-order valence-electron chi connectivity index (χ0n) is 8.22. The van der Waals surface area contributed by atoms with E-state index in [1.807, 2.05) is 0 Å². The van der Waals surface area contributed by atoms with Crippen LogP contribution in [0.2, 0.25) is 0 Å². The fourth-order valence-electron chi connectivity index (χ4n) is 1.27. The van der Waals surface area contributed by atoms with Crippen molar-refractivity contribution in [2.24, 2.45) is 0 Å². The summed E-state index contributed by atoms with van der Waals surface area (Å²) in [6, 6.07) is 4.78. The Morgan fingerprint density at radius 3 is 2.86 bits per heavy atom. The molecule has 0 bridgehead atoms. The molecule has 1 unspecified atom stereocenters. The van der Waals surface area contributed by atoms with Gasteiger partial charge in [-0.25, -0.2) is 0 Å². The summed E-state index contributed by atoms with van der Waals surface area (Å²) in [6.07, 6.45) is 2.18. The molecule has 80 valence electrons. The molecule has 0 aliphatic heterocycles. The average molecular weight is 297 g/mol. The lowest BCUT2D eigenvalue weighted by molar-refractivity contribution is 0.488. The summed E-state index contributed by atoms with van der Waals surface area (Å²) < 4.78 is 1.19. The summed E-state index contributed by atoms with van der Waals surface area (Å²) in [5.74, 6) is 0.736. The summed E-state index contributed by atoms with van der Waals surface area (Å²) >= 11 is 11.0. The Morgan fingerprint density at radius 1 is 1.57 bits per heavy atom. The lowest BCUT2D eigenvalue weighted by atomic mass is 10.2. The topological polar surface area (TPSA) is 12.0 Å². The molecular formula is C10H15BrClNS. The third-order valence-corrected chi connectivity index (χ3v) is 3.99. The van der Waals surface area contributed by atoms with Crippen molar-refractivity contribution in [2.45, 2.75) is 32.4 Å². The molecule has 0 aliphatic carbocycles. The first-order chi connectivity index (χ1) is 6.76. The second kappa shape index (κ2) is 6.83. The molecule has 0 radical (unpaired) electrons. The van der Waals surface area contributed by atoms with Crippen molar-refractivity contribution in [2.75, 3.05) is 5.88 Å². The predicted molar refractivity (Wildman–Crippen MR) is 68.3 cm³/mol. The van der Waals surface area contributed by atoms with Crippen LogP contribution in [-0.2, 0) is 6.54 Å². The summed E-state index contributed by atoms with van der Waals surface area (Å²) in [7, 11) is 0. The van der Waals surface area contributed by atoms with Gasteiger partial charge in [-0.3, -0.25) is 0 Å². The minimum atomic E-state index is 0.549. The predicted octanol–water partition coefficient (Wildman–Crippen LogP) is 4.01. The Kier molecular flexibility index (Phi) is 6.10. The summed E-state index contributed by atoms with van der Waals surface area (Å²) in [5.41, 5.74) is 0. The maximum absolute atomic E-state index is 5.72. The van der Waals surface area contributed by atoms with Crippen LogP contribution in [0.5, 0.6) is 0 Å². The van der Waals surface area contributed by atoms with Crippen molar-refractivity contribution >= 4 is 38.9 Å². The highest BCUT2D eigenvalue weighted by molar-refractivity contribution is 9.11. The van der Waals surface area contributed by atoms with E-state index < -0.39 is 0 Å². The molecule has 0 fully saturated rings. The van der Waals surface area contributed by atoms with Crippen molar-refractivity contribution in [3.05, 3.63) is 20.8 Å². The first-order valence-corrected chi connectivity index (χ1v) is 6.94. The molecule has 0 saturated carbocycles. The van der Waals surface area contributed by atoms with E-state index in [0.29, 0.717) is 6.04 Å². The Labute approximate surface area is 103 Å².